The standard InChI is InChI=1S/2C15H14N4.Co/c2*1-11-4-6-16-13(8-11)14-9-12(2)10-15(18-14)19-7-3-5-17-19;/h2*3-10H,1-2H3;/q;;+3. The predicted molar refractivity (Wildman–Crippen MR) is 148 cm³/mol. The first kappa shape index (κ1) is 27.6. The van der Waals surface area contributed by atoms with Crippen molar-refractivity contribution in [3.63, 3.8) is 0 Å². The third-order valence-electron chi connectivity index (χ3n) is 5.75. The van der Waals surface area contributed by atoms with Gasteiger partial charge in [0, 0.05) is 37.2 Å². The molecule has 0 aromatic carbocycles. The van der Waals surface area contributed by atoms with Crippen LogP contribution in [0.1, 0.15) is 22.3 Å². The monoisotopic (exact) mass is 559 g/mol. The van der Waals surface area contributed by atoms with Gasteiger partial charge in [0.25, 0.3) is 0 Å². The minimum atomic E-state index is 0. The van der Waals surface area contributed by atoms with E-state index in [4.69, 9.17) is 0 Å². The Morgan fingerprint density at radius 1 is 0.487 bits per heavy atom. The maximum Gasteiger partial charge on any atom is 3.00 e. The zero-order valence-electron chi connectivity index (χ0n) is 22.1. The van der Waals surface area contributed by atoms with Gasteiger partial charge in [-0.3, -0.25) is 9.97 Å². The molecule has 0 fully saturated rings. The van der Waals surface area contributed by atoms with Gasteiger partial charge in [-0.15, -0.1) is 0 Å². The van der Waals surface area contributed by atoms with Gasteiger partial charge in [0.05, 0.1) is 22.8 Å². The van der Waals surface area contributed by atoms with Crippen molar-refractivity contribution in [3.8, 4) is 34.4 Å². The summed E-state index contributed by atoms with van der Waals surface area (Å²) in [6.07, 6.45) is 10.9. The van der Waals surface area contributed by atoms with E-state index in [2.05, 4.69) is 44.0 Å². The number of hydrogen-bond acceptors (Lipinski definition) is 6. The molecular formula is C30H28CoN8+3. The van der Waals surface area contributed by atoms with E-state index in [9.17, 15) is 0 Å². The molecule has 9 heteroatoms. The average Bonchev–Trinajstić information content (AvgIpc) is 3.64. The normalized spacial score (nSPS) is 10.4. The number of rotatable bonds is 4. The van der Waals surface area contributed by atoms with Crippen LogP contribution < -0.4 is 0 Å². The van der Waals surface area contributed by atoms with Gasteiger partial charge >= 0.3 is 16.8 Å². The van der Waals surface area contributed by atoms with Gasteiger partial charge in [-0.05, 0) is 111 Å². The van der Waals surface area contributed by atoms with E-state index in [1.165, 1.54) is 11.1 Å². The summed E-state index contributed by atoms with van der Waals surface area (Å²) in [7, 11) is 0. The molecule has 6 aromatic rings. The number of hydrogen-bond donors (Lipinski definition) is 0. The van der Waals surface area contributed by atoms with Crippen LogP contribution in [0.2, 0.25) is 0 Å². The molecule has 0 atom stereocenters. The van der Waals surface area contributed by atoms with E-state index >= 15 is 0 Å². The Hall–Kier alpha value is -4.47. The molecular weight excluding hydrogens is 531 g/mol. The maximum absolute atomic E-state index is 4.63. The molecule has 0 N–H and O–H groups in total. The second kappa shape index (κ2) is 12.4. The van der Waals surface area contributed by atoms with Crippen LogP contribution in [-0.2, 0) is 16.8 Å². The van der Waals surface area contributed by atoms with Crippen molar-refractivity contribution in [1.29, 1.82) is 0 Å². The molecule has 0 spiro atoms. The van der Waals surface area contributed by atoms with E-state index in [0.29, 0.717) is 0 Å². The van der Waals surface area contributed by atoms with Gasteiger partial charge in [-0.1, -0.05) is 0 Å². The van der Waals surface area contributed by atoms with Crippen LogP contribution in [0.5, 0.6) is 0 Å². The number of nitrogens with zero attached hydrogens (tertiary/aromatic N) is 8. The van der Waals surface area contributed by atoms with Crippen LogP contribution in [0, 0.1) is 27.7 Å². The number of pyridine rings is 4. The summed E-state index contributed by atoms with van der Waals surface area (Å²) in [4.78, 5) is 18.0. The molecule has 194 valence electrons. The summed E-state index contributed by atoms with van der Waals surface area (Å²) in [6, 6.07) is 19.9. The minimum absolute atomic E-state index is 0. The fourth-order valence-electron chi connectivity index (χ4n) is 3.96. The van der Waals surface area contributed by atoms with E-state index in [1.807, 2.05) is 99.3 Å². The Labute approximate surface area is 238 Å². The average molecular weight is 560 g/mol. The molecule has 0 aliphatic rings. The first-order chi connectivity index (χ1) is 18.4. The molecule has 0 aliphatic heterocycles. The van der Waals surface area contributed by atoms with Crippen LogP contribution in [0.25, 0.3) is 34.4 Å². The molecule has 0 radical (unpaired) electrons. The Kier molecular flexibility index (Phi) is 8.75. The SMILES string of the molecule is Cc1ccnc(-c2cc(C)cc(-n3cccn3)n2)c1.Cc1ccnc(-c2cc(C)cc(-n3cccn3)n2)c1.[Co+3]. The van der Waals surface area contributed by atoms with Crippen LogP contribution in [-0.4, -0.2) is 39.5 Å². The van der Waals surface area contributed by atoms with Crippen molar-refractivity contribution in [2.75, 3.05) is 0 Å². The third-order valence-corrected chi connectivity index (χ3v) is 5.75. The van der Waals surface area contributed by atoms with Crippen molar-refractivity contribution in [3.05, 3.63) is 120 Å². The summed E-state index contributed by atoms with van der Waals surface area (Å²) >= 11 is 0. The minimum Gasteiger partial charge on any atom is -0.255 e. The van der Waals surface area contributed by atoms with Crippen LogP contribution in [0.3, 0.4) is 0 Å². The first-order valence-corrected chi connectivity index (χ1v) is 12.3. The molecule has 8 nitrogen and oxygen atoms in total. The predicted octanol–water partition coefficient (Wildman–Crippen LogP) is 5.89. The van der Waals surface area contributed by atoms with Crippen molar-refractivity contribution in [1.82, 2.24) is 39.5 Å². The molecule has 6 heterocycles. The fraction of sp³-hybridized carbons (Fsp3) is 0.133. The zero-order chi connectivity index (χ0) is 26.5. The molecule has 6 aromatic heterocycles. The van der Waals surface area contributed by atoms with Gasteiger partial charge in [0.2, 0.25) is 0 Å². The van der Waals surface area contributed by atoms with E-state index < -0.39 is 0 Å². The second-order valence-corrected chi connectivity index (χ2v) is 9.11. The Bertz CT molecular complexity index is 1540. The molecule has 0 amide bonds. The Morgan fingerprint density at radius 3 is 1.26 bits per heavy atom. The zero-order valence-corrected chi connectivity index (χ0v) is 23.2. The number of aromatic nitrogens is 8. The van der Waals surface area contributed by atoms with Gasteiger partial charge in [0.15, 0.2) is 11.6 Å². The van der Waals surface area contributed by atoms with E-state index in [1.54, 1.807) is 21.8 Å². The van der Waals surface area contributed by atoms with Gasteiger partial charge in [-0.2, -0.15) is 10.2 Å². The van der Waals surface area contributed by atoms with Gasteiger partial charge < -0.3 is 0 Å². The smallest absolute Gasteiger partial charge is 0.255 e. The Morgan fingerprint density at radius 2 is 0.897 bits per heavy atom. The molecule has 6 rings (SSSR count). The van der Waals surface area contributed by atoms with Crippen molar-refractivity contribution in [2.45, 2.75) is 27.7 Å². The summed E-state index contributed by atoms with van der Waals surface area (Å²) < 4.78 is 3.51. The largest absolute Gasteiger partial charge is 3.00 e. The van der Waals surface area contributed by atoms with Crippen molar-refractivity contribution in [2.24, 2.45) is 0 Å². The summed E-state index contributed by atoms with van der Waals surface area (Å²) in [6.45, 7) is 8.20. The van der Waals surface area contributed by atoms with Crippen molar-refractivity contribution < 1.29 is 16.8 Å². The summed E-state index contributed by atoms with van der Waals surface area (Å²) in [5.41, 5.74) is 8.14. The number of aryl methyl sites for hydroxylation is 4. The molecule has 0 bridgehead atoms. The van der Waals surface area contributed by atoms with E-state index in [-0.39, 0.29) is 16.8 Å². The first-order valence-electron chi connectivity index (χ1n) is 12.3. The Balaban J connectivity index is 0.000000176. The maximum atomic E-state index is 4.63. The quantitative estimate of drug-likeness (QED) is 0.268. The second-order valence-electron chi connectivity index (χ2n) is 9.11. The van der Waals surface area contributed by atoms with Gasteiger partial charge in [-0.25, -0.2) is 19.3 Å². The molecule has 0 saturated heterocycles. The topological polar surface area (TPSA) is 87.2 Å². The molecule has 39 heavy (non-hydrogen) atoms. The van der Waals surface area contributed by atoms with Crippen LogP contribution in [0.15, 0.2) is 97.8 Å². The molecule has 0 unspecified atom stereocenters. The van der Waals surface area contributed by atoms with Crippen LogP contribution >= 0.6 is 0 Å². The fourth-order valence-corrected chi connectivity index (χ4v) is 3.96. The molecule has 0 aliphatic carbocycles. The van der Waals surface area contributed by atoms with Gasteiger partial charge in [0.1, 0.15) is 0 Å². The van der Waals surface area contributed by atoms with Crippen molar-refractivity contribution >= 4 is 0 Å². The summed E-state index contributed by atoms with van der Waals surface area (Å²) in [5.74, 6) is 1.62. The third kappa shape index (κ3) is 6.89. The summed E-state index contributed by atoms with van der Waals surface area (Å²) in [5, 5.41) is 8.43. The van der Waals surface area contributed by atoms with E-state index in [0.717, 1.165) is 45.5 Å². The van der Waals surface area contributed by atoms with Crippen LogP contribution in [0.4, 0.5) is 0 Å². The molecule has 0 saturated carbocycles.